The summed E-state index contributed by atoms with van der Waals surface area (Å²) in [4.78, 5) is 19.5. The van der Waals surface area contributed by atoms with Gasteiger partial charge in [-0.25, -0.2) is 0 Å². The van der Waals surface area contributed by atoms with Crippen LogP contribution < -0.4 is 0 Å². The van der Waals surface area contributed by atoms with Crippen LogP contribution in [0.2, 0.25) is 0 Å². The van der Waals surface area contributed by atoms with Crippen molar-refractivity contribution in [2.75, 3.05) is 52.4 Å². The average molecular weight is 358 g/mol. The number of likely N-dealkylation sites (N-methyl/N-ethyl adjacent to an activating group) is 1. The normalized spacial score (nSPS) is 20.5. The number of benzene rings is 1. The first-order chi connectivity index (χ1) is 12.6. The molecule has 1 aromatic rings. The van der Waals surface area contributed by atoms with Crippen molar-refractivity contribution in [3.05, 3.63) is 35.4 Å². The average Bonchev–Trinajstić information content (AvgIpc) is 2.68. The Morgan fingerprint density at radius 3 is 2.19 bits per heavy atom. The summed E-state index contributed by atoms with van der Waals surface area (Å²) in [5.41, 5.74) is 2.78. The Morgan fingerprint density at radius 1 is 0.962 bits per heavy atom. The number of amides is 1. The fourth-order valence-electron chi connectivity index (χ4n) is 4.15. The predicted octanol–water partition coefficient (Wildman–Crippen LogP) is 2.80. The fraction of sp³-hybridized carbons (Fsp3) is 0.682. The molecule has 2 aliphatic heterocycles. The molecule has 0 aromatic heterocycles. The highest BCUT2D eigenvalue weighted by atomic mass is 16.2. The number of carbonyl (C=O) groups excluding carboxylic acids is 1. The van der Waals surface area contributed by atoms with Gasteiger partial charge in [0.15, 0.2) is 0 Å². The lowest BCUT2D eigenvalue weighted by Gasteiger charge is -2.36. The molecule has 0 atom stereocenters. The summed E-state index contributed by atoms with van der Waals surface area (Å²) >= 11 is 0. The second kappa shape index (κ2) is 9.52. The molecule has 1 amide bonds. The van der Waals surface area contributed by atoms with Crippen LogP contribution in [-0.2, 0) is 11.2 Å². The number of nitrogens with zero attached hydrogens (tertiary/aromatic N) is 3. The van der Waals surface area contributed by atoms with Crippen LogP contribution >= 0.6 is 0 Å². The minimum atomic E-state index is 0.340. The van der Waals surface area contributed by atoms with Crippen LogP contribution in [0.4, 0.5) is 0 Å². The van der Waals surface area contributed by atoms with E-state index in [-0.39, 0.29) is 0 Å². The minimum Gasteiger partial charge on any atom is -0.342 e. The number of likely N-dealkylation sites (tertiary alicyclic amines) is 1. The Morgan fingerprint density at radius 2 is 1.58 bits per heavy atom. The van der Waals surface area contributed by atoms with Gasteiger partial charge in [0, 0.05) is 39.3 Å². The van der Waals surface area contributed by atoms with Gasteiger partial charge in [-0.2, -0.15) is 0 Å². The summed E-state index contributed by atoms with van der Waals surface area (Å²) in [7, 11) is 0. The zero-order valence-corrected chi connectivity index (χ0v) is 16.6. The van der Waals surface area contributed by atoms with Crippen molar-refractivity contribution in [1.29, 1.82) is 0 Å². The second-order valence-corrected chi connectivity index (χ2v) is 8.06. The van der Waals surface area contributed by atoms with Crippen molar-refractivity contribution in [3.63, 3.8) is 0 Å². The third kappa shape index (κ3) is 5.55. The first-order valence-corrected chi connectivity index (χ1v) is 10.4. The van der Waals surface area contributed by atoms with E-state index in [1.165, 1.54) is 36.8 Å². The van der Waals surface area contributed by atoms with E-state index < -0.39 is 0 Å². The van der Waals surface area contributed by atoms with Gasteiger partial charge in [0.25, 0.3) is 0 Å². The molecule has 0 aliphatic carbocycles. The summed E-state index contributed by atoms with van der Waals surface area (Å²) in [6.07, 6.45) is 4.76. The lowest BCUT2D eigenvalue weighted by molar-refractivity contribution is -0.134. The third-order valence-electron chi connectivity index (χ3n) is 6.20. The van der Waals surface area contributed by atoms with E-state index in [9.17, 15) is 4.79 Å². The SMILES string of the molecule is CCN1CCN(CC(=O)N2CCC(CCc3ccc(C)cc3)CC2)CC1. The van der Waals surface area contributed by atoms with E-state index in [4.69, 9.17) is 0 Å². The molecule has 2 fully saturated rings. The number of piperazine rings is 1. The molecule has 3 rings (SSSR count). The molecule has 1 aromatic carbocycles. The molecular weight excluding hydrogens is 322 g/mol. The van der Waals surface area contributed by atoms with Gasteiger partial charge in [0.1, 0.15) is 0 Å². The zero-order chi connectivity index (χ0) is 18.4. The molecule has 0 spiro atoms. The first-order valence-electron chi connectivity index (χ1n) is 10.4. The van der Waals surface area contributed by atoms with E-state index in [2.05, 4.69) is 52.8 Å². The van der Waals surface area contributed by atoms with Crippen molar-refractivity contribution >= 4 is 5.91 Å². The molecule has 144 valence electrons. The van der Waals surface area contributed by atoms with Gasteiger partial charge >= 0.3 is 0 Å². The Bertz CT molecular complexity index is 555. The highest BCUT2D eigenvalue weighted by molar-refractivity contribution is 5.78. The Kier molecular flexibility index (Phi) is 7.09. The Hall–Kier alpha value is -1.39. The van der Waals surface area contributed by atoms with Gasteiger partial charge in [-0.05, 0) is 50.6 Å². The van der Waals surface area contributed by atoms with Crippen LogP contribution in [0.1, 0.15) is 37.3 Å². The largest absolute Gasteiger partial charge is 0.342 e. The van der Waals surface area contributed by atoms with Crippen molar-refractivity contribution in [2.24, 2.45) is 5.92 Å². The fourth-order valence-corrected chi connectivity index (χ4v) is 4.15. The molecule has 0 radical (unpaired) electrons. The predicted molar refractivity (Wildman–Crippen MR) is 107 cm³/mol. The van der Waals surface area contributed by atoms with Crippen LogP contribution in [0.3, 0.4) is 0 Å². The van der Waals surface area contributed by atoms with Crippen LogP contribution in [0.25, 0.3) is 0 Å². The zero-order valence-electron chi connectivity index (χ0n) is 16.6. The number of piperidine rings is 1. The number of hydrogen-bond acceptors (Lipinski definition) is 3. The number of rotatable bonds is 6. The molecule has 0 unspecified atom stereocenters. The monoisotopic (exact) mass is 357 g/mol. The molecule has 26 heavy (non-hydrogen) atoms. The molecule has 4 nitrogen and oxygen atoms in total. The van der Waals surface area contributed by atoms with Crippen LogP contribution in [0, 0.1) is 12.8 Å². The van der Waals surface area contributed by atoms with Gasteiger partial charge < -0.3 is 9.80 Å². The van der Waals surface area contributed by atoms with Gasteiger partial charge in [-0.15, -0.1) is 0 Å². The molecule has 0 N–H and O–H groups in total. The van der Waals surface area contributed by atoms with Crippen molar-refractivity contribution in [3.8, 4) is 0 Å². The van der Waals surface area contributed by atoms with Crippen molar-refractivity contribution in [1.82, 2.24) is 14.7 Å². The standard InChI is InChI=1S/C22H35N3O/c1-3-23-14-16-24(17-15-23)18-22(26)25-12-10-21(11-13-25)9-8-20-6-4-19(2)5-7-20/h4-7,21H,3,8-18H2,1-2H3. The summed E-state index contributed by atoms with van der Waals surface area (Å²) in [5.74, 6) is 1.11. The van der Waals surface area contributed by atoms with Gasteiger partial charge in [-0.1, -0.05) is 36.8 Å². The number of carbonyl (C=O) groups is 1. The summed E-state index contributed by atoms with van der Waals surface area (Å²) < 4.78 is 0. The number of hydrogen-bond donors (Lipinski definition) is 0. The Labute approximate surface area is 159 Å². The van der Waals surface area contributed by atoms with E-state index in [0.29, 0.717) is 12.5 Å². The van der Waals surface area contributed by atoms with Crippen LogP contribution in [-0.4, -0.2) is 73.0 Å². The molecule has 2 saturated heterocycles. The molecule has 2 heterocycles. The molecule has 4 heteroatoms. The lowest BCUT2D eigenvalue weighted by Crippen LogP contribution is -2.50. The first kappa shape index (κ1) is 19.4. The van der Waals surface area contributed by atoms with Gasteiger partial charge in [0.05, 0.1) is 6.54 Å². The Balaban J connectivity index is 1.35. The molecule has 0 bridgehead atoms. The molecular formula is C22H35N3O. The van der Waals surface area contributed by atoms with Crippen LogP contribution in [0.5, 0.6) is 0 Å². The molecule has 2 aliphatic rings. The topological polar surface area (TPSA) is 26.8 Å². The third-order valence-corrected chi connectivity index (χ3v) is 6.20. The smallest absolute Gasteiger partial charge is 0.236 e. The highest BCUT2D eigenvalue weighted by Crippen LogP contribution is 2.23. The van der Waals surface area contributed by atoms with E-state index in [0.717, 1.165) is 51.7 Å². The maximum atomic E-state index is 12.6. The summed E-state index contributed by atoms with van der Waals surface area (Å²) in [5, 5.41) is 0. The van der Waals surface area contributed by atoms with E-state index in [1.54, 1.807) is 0 Å². The second-order valence-electron chi connectivity index (χ2n) is 8.06. The van der Waals surface area contributed by atoms with Crippen molar-refractivity contribution < 1.29 is 4.79 Å². The lowest BCUT2D eigenvalue weighted by atomic mass is 9.90. The number of aryl methyl sites for hydroxylation is 2. The van der Waals surface area contributed by atoms with E-state index >= 15 is 0 Å². The van der Waals surface area contributed by atoms with Crippen molar-refractivity contribution in [2.45, 2.75) is 39.5 Å². The summed E-state index contributed by atoms with van der Waals surface area (Å²) in [6, 6.07) is 8.92. The summed E-state index contributed by atoms with van der Waals surface area (Å²) in [6.45, 7) is 12.3. The minimum absolute atomic E-state index is 0.340. The molecule has 0 saturated carbocycles. The maximum absolute atomic E-state index is 12.6. The highest BCUT2D eigenvalue weighted by Gasteiger charge is 2.25. The quantitative estimate of drug-likeness (QED) is 0.783. The van der Waals surface area contributed by atoms with Gasteiger partial charge in [0.2, 0.25) is 5.91 Å². The maximum Gasteiger partial charge on any atom is 0.236 e. The van der Waals surface area contributed by atoms with E-state index in [1.807, 2.05) is 0 Å². The van der Waals surface area contributed by atoms with Crippen LogP contribution in [0.15, 0.2) is 24.3 Å². The van der Waals surface area contributed by atoms with Gasteiger partial charge in [-0.3, -0.25) is 9.69 Å².